The summed E-state index contributed by atoms with van der Waals surface area (Å²) in [4.78, 5) is 27.6. The van der Waals surface area contributed by atoms with Crippen LogP contribution in [0.3, 0.4) is 0 Å². The number of fused-ring (bicyclic) bond motifs is 1. The van der Waals surface area contributed by atoms with Gasteiger partial charge in [-0.3, -0.25) is 19.9 Å². The summed E-state index contributed by atoms with van der Waals surface area (Å²) in [5.74, 6) is 0.0499. The molecule has 4 aromatic rings. The van der Waals surface area contributed by atoms with Crippen molar-refractivity contribution in [2.45, 2.75) is 0 Å². The molecule has 0 aliphatic carbocycles. The fourth-order valence-corrected chi connectivity index (χ4v) is 3.54. The van der Waals surface area contributed by atoms with E-state index < -0.39 is 11.1 Å². The largest absolute Gasteiger partial charge is 0.456 e. The van der Waals surface area contributed by atoms with Gasteiger partial charge in [-0.25, -0.2) is 4.68 Å². The highest BCUT2D eigenvalue weighted by molar-refractivity contribution is 8.18. The third-order valence-corrected chi connectivity index (χ3v) is 4.96. The number of hydrogen-bond acceptors (Lipinski definition) is 8. The number of imide groups is 1. The van der Waals surface area contributed by atoms with Crippen molar-refractivity contribution in [3.05, 3.63) is 59.7 Å². The molecule has 0 radical (unpaired) electrons. The maximum Gasteiger partial charge on any atom is 0.290 e. The van der Waals surface area contributed by atoms with Gasteiger partial charge in [-0.05, 0) is 46.0 Å². The quantitative estimate of drug-likeness (QED) is 0.531. The molecule has 9 nitrogen and oxygen atoms in total. The van der Waals surface area contributed by atoms with Crippen molar-refractivity contribution in [3.8, 4) is 16.8 Å². The number of thioether (sulfide) groups is 1. The second-order valence-corrected chi connectivity index (χ2v) is 6.92. The molecule has 4 heterocycles. The Kier molecular flexibility index (Phi) is 3.76. The molecule has 28 heavy (non-hydrogen) atoms. The molecule has 1 fully saturated rings. The van der Waals surface area contributed by atoms with Crippen LogP contribution in [-0.4, -0.2) is 36.3 Å². The van der Waals surface area contributed by atoms with E-state index in [0.717, 1.165) is 34.0 Å². The van der Waals surface area contributed by atoms with Gasteiger partial charge in [0.25, 0.3) is 11.1 Å². The lowest BCUT2D eigenvalue weighted by molar-refractivity contribution is -0.115. The van der Waals surface area contributed by atoms with E-state index in [-0.39, 0.29) is 0 Å². The molecule has 0 spiro atoms. The molecular formula is C18H10N6O3S. The monoisotopic (exact) mass is 390 g/mol. The van der Waals surface area contributed by atoms with E-state index in [1.165, 1.54) is 6.33 Å². The van der Waals surface area contributed by atoms with Crippen LogP contribution < -0.4 is 5.32 Å². The van der Waals surface area contributed by atoms with E-state index in [4.69, 9.17) is 4.42 Å². The Bertz CT molecular complexity index is 1240. The van der Waals surface area contributed by atoms with Crippen LogP contribution >= 0.6 is 11.8 Å². The number of benzene rings is 1. The van der Waals surface area contributed by atoms with Gasteiger partial charge in [0.15, 0.2) is 0 Å². The first-order valence-electron chi connectivity index (χ1n) is 8.13. The minimum atomic E-state index is -0.424. The Morgan fingerprint density at radius 1 is 1.14 bits per heavy atom. The first-order chi connectivity index (χ1) is 13.7. The van der Waals surface area contributed by atoms with Crippen molar-refractivity contribution >= 4 is 40.0 Å². The van der Waals surface area contributed by atoms with Gasteiger partial charge in [-0.15, -0.1) is 5.10 Å². The van der Waals surface area contributed by atoms with Crippen LogP contribution in [0, 0.1) is 0 Å². The van der Waals surface area contributed by atoms with Gasteiger partial charge in [0.2, 0.25) is 0 Å². The number of hydrogen-bond donors (Lipinski definition) is 1. The minimum Gasteiger partial charge on any atom is -0.456 e. The third-order valence-electron chi connectivity index (χ3n) is 4.15. The third kappa shape index (κ3) is 2.85. The molecule has 0 saturated carbocycles. The zero-order valence-electron chi connectivity index (χ0n) is 14.1. The second-order valence-electron chi connectivity index (χ2n) is 5.91. The fourth-order valence-electron chi connectivity index (χ4n) is 2.88. The van der Waals surface area contributed by atoms with E-state index in [1.54, 1.807) is 29.2 Å². The maximum absolute atomic E-state index is 11.7. The van der Waals surface area contributed by atoms with Crippen LogP contribution in [0.2, 0.25) is 0 Å². The number of nitrogens with zero attached hydrogens (tertiary/aromatic N) is 5. The summed E-state index contributed by atoms with van der Waals surface area (Å²) < 4.78 is 7.50. The minimum absolute atomic E-state index is 0.296. The Morgan fingerprint density at radius 3 is 2.71 bits per heavy atom. The van der Waals surface area contributed by atoms with E-state index in [1.807, 2.05) is 24.3 Å². The summed E-state index contributed by atoms with van der Waals surface area (Å²) in [5.41, 5.74) is 3.19. The number of tetrazole rings is 1. The smallest absolute Gasteiger partial charge is 0.290 e. The number of carbonyl (C=O) groups is 2. The molecule has 136 valence electrons. The standard InChI is InChI=1S/C18H10N6O3S/c25-17-15(28-18(26)21-17)6-13-5-11-7-19-8-14(16(11)27-13)10-1-3-12(4-2-10)24-9-20-22-23-24/h1-9H,(H,21,25,26). The summed E-state index contributed by atoms with van der Waals surface area (Å²) >= 11 is 0.847. The summed E-state index contributed by atoms with van der Waals surface area (Å²) in [7, 11) is 0. The summed E-state index contributed by atoms with van der Waals surface area (Å²) in [5, 5.41) is 13.7. The van der Waals surface area contributed by atoms with Crippen LogP contribution in [0.1, 0.15) is 5.76 Å². The molecule has 0 bridgehead atoms. The molecule has 2 amide bonds. The number of furan rings is 1. The molecule has 1 saturated heterocycles. The number of rotatable bonds is 3. The lowest BCUT2D eigenvalue weighted by Crippen LogP contribution is -2.17. The highest BCUT2D eigenvalue weighted by Gasteiger charge is 2.25. The Labute approximate surface area is 161 Å². The van der Waals surface area contributed by atoms with Crippen molar-refractivity contribution in [3.63, 3.8) is 0 Å². The van der Waals surface area contributed by atoms with Crippen molar-refractivity contribution < 1.29 is 14.0 Å². The number of carbonyl (C=O) groups excluding carboxylic acids is 2. The molecule has 1 aliphatic rings. The lowest BCUT2D eigenvalue weighted by Gasteiger charge is -2.04. The Morgan fingerprint density at radius 2 is 2.00 bits per heavy atom. The van der Waals surface area contributed by atoms with Gasteiger partial charge in [0.1, 0.15) is 17.7 Å². The molecule has 1 aliphatic heterocycles. The van der Waals surface area contributed by atoms with Crippen molar-refractivity contribution in [2.75, 3.05) is 0 Å². The van der Waals surface area contributed by atoms with E-state index in [0.29, 0.717) is 16.2 Å². The number of aromatic nitrogens is 5. The molecular weight excluding hydrogens is 380 g/mol. The number of nitrogens with one attached hydrogen (secondary N) is 1. The van der Waals surface area contributed by atoms with E-state index in [2.05, 4.69) is 25.8 Å². The van der Waals surface area contributed by atoms with Gasteiger partial charge in [0, 0.05) is 29.4 Å². The van der Waals surface area contributed by atoms with Crippen LogP contribution in [0.5, 0.6) is 0 Å². The molecule has 0 unspecified atom stereocenters. The number of pyridine rings is 1. The summed E-state index contributed by atoms with van der Waals surface area (Å²) in [6.45, 7) is 0. The first-order valence-corrected chi connectivity index (χ1v) is 8.95. The summed E-state index contributed by atoms with van der Waals surface area (Å²) in [6.07, 6.45) is 6.48. The molecule has 1 N–H and O–H groups in total. The average Bonchev–Trinajstić information content (AvgIpc) is 3.42. The van der Waals surface area contributed by atoms with Crippen LogP contribution in [0.25, 0.3) is 33.9 Å². The zero-order valence-corrected chi connectivity index (χ0v) is 14.9. The first kappa shape index (κ1) is 16.4. The van der Waals surface area contributed by atoms with Crippen molar-refractivity contribution in [2.24, 2.45) is 0 Å². The normalized spacial score (nSPS) is 15.5. The van der Waals surface area contributed by atoms with Crippen LogP contribution in [0.15, 0.2) is 58.4 Å². The second kappa shape index (κ2) is 6.43. The molecule has 10 heteroatoms. The highest BCUT2D eigenvalue weighted by atomic mass is 32.2. The van der Waals surface area contributed by atoms with E-state index in [9.17, 15) is 9.59 Å². The van der Waals surface area contributed by atoms with Gasteiger partial charge in [-0.2, -0.15) is 0 Å². The topological polar surface area (TPSA) is 116 Å². The molecule has 3 aromatic heterocycles. The Balaban J connectivity index is 1.54. The SMILES string of the molecule is O=C1NC(=O)C(=Cc2cc3cncc(-c4ccc(-n5cnnn5)cc4)c3o2)S1. The molecule has 0 atom stereocenters. The number of amides is 2. The zero-order chi connectivity index (χ0) is 19.1. The highest BCUT2D eigenvalue weighted by Crippen LogP contribution is 2.33. The summed E-state index contributed by atoms with van der Waals surface area (Å²) in [6, 6.07) is 9.41. The van der Waals surface area contributed by atoms with Crippen LogP contribution in [0.4, 0.5) is 4.79 Å². The van der Waals surface area contributed by atoms with Crippen molar-refractivity contribution in [1.82, 2.24) is 30.5 Å². The fraction of sp³-hybridized carbons (Fsp3) is 0. The van der Waals surface area contributed by atoms with Gasteiger partial charge in [0.05, 0.1) is 10.6 Å². The molecule has 5 rings (SSSR count). The van der Waals surface area contributed by atoms with Gasteiger partial charge >= 0.3 is 0 Å². The predicted molar refractivity (Wildman–Crippen MR) is 101 cm³/mol. The van der Waals surface area contributed by atoms with E-state index >= 15 is 0 Å². The van der Waals surface area contributed by atoms with Gasteiger partial charge < -0.3 is 4.42 Å². The van der Waals surface area contributed by atoms with Gasteiger partial charge in [-0.1, -0.05) is 12.1 Å². The average molecular weight is 390 g/mol. The maximum atomic E-state index is 11.7. The molecule has 1 aromatic carbocycles. The van der Waals surface area contributed by atoms with Crippen LogP contribution in [-0.2, 0) is 4.79 Å². The lowest BCUT2D eigenvalue weighted by atomic mass is 10.1. The Hall–Kier alpha value is -3.79. The van der Waals surface area contributed by atoms with Crippen molar-refractivity contribution in [1.29, 1.82) is 0 Å². The predicted octanol–water partition coefficient (Wildman–Crippen LogP) is 2.79.